The van der Waals surface area contributed by atoms with Gasteiger partial charge in [0.25, 0.3) is 0 Å². The first-order valence-electron chi connectivity index (χ1n) is 5.06. The fourth-order valence-corrected chi connectivity index (χ4v) is 2.03. The minimum absolute atomic E-state index is 0.844. The fraction of sp³-hybridized carbons (Fsp3) is 0.545. The van der Waals surface area contributed by atoms with E-state index in [1.165, 1.54) is 0 Å². The maximum Gasteiger partial charge on any atom is 0.0523 e. The topological polar surface area (TPSA) is 34.2 Å². The first kappa shape index (κ1) is 12.3. The van der Waals surface area contributed by atoms with Crippen LogP contribution in [0.3, 0.4) is 0 Å². The third-order valence-electron chi connectivity index (χ3n) is 1.99. The molecule has 0 radical (unpaired) electrons. The van der Waals surface area contributed by atoms with Crippen LogP contribution in [0.15, 0.2) is 18.3 Å². The van der Waals surface area contributed by atoms with E-state index in [1.807, 2.05) is 31.1 Å². The van der Waals surface area contributed by atoms with Crippen LogP contribution in [0.2, 0.25) is 0 Å². The van der Waals surface area contributed by atoms with Crippen molar-refractivity contribution in [1.29, 1.82) is 0 Å². The molecule has 0 fully saturated rings. The van der Waals surface area contributed by atoms with Crippen LogP contribution in [0.25, 0.3) is 0 Å². The van der Waals surface area contributed by atoms with Crippen LogP contribution in [0.1, 0.15) is 12.1 Å². The monoisotopic (exact) mass is 226 g/mol. The number of anilines is 1. The van der Waals surface area contributed by atoms with Gasteiger partial charge in [0.2, 0.25) is 0 Å². The number of rotatable bonds is 7. The Kier molecular flexibility index (Phi) is 6.20. The Hall–Kier alpha value is -0.740. The Morgan fingerprint density at radius 1 is 1.53 bits per heavy atom. The minimum atomic E-state index is 0.844. The van der Waals surface area contributed by atoms with E-state index in [2.05, 4.69) is 16.4 Å². The lowest BCUT2D eigenvalue weighted by atomic mass is 10.3. The molecule has 1 aromatic rings. The molecule has 84 valence electrons. The van der Waals surface area contributed by atoms with Gasteiger partial charge in [-0.25, -0.2) is 0 Å². The van der Waals surface area contributed by atoms with Crippen LogP contribution in [0.4, 0.5) is 5.69 Å². The number of thioether (sulfide) groups is 1. The van der Waals surface area contributed by atoms with Gasteiger partial charge in [-0.2, -0.15) is 11.8 Å². The maximum absolute atomic E-state index is 4.99. The van der Waals surface area contributed by atoms with Crippen molar-refractivity contribution in [2.24, 2.45) is 0 Å². The predicted molar refractivity (Wildman–Crippen MR) is 66.4 cm³/mol. The molecule has 0 aliphatic carbocycles. The molecular weight excluding hydrogens is 208 g/mol. The molecule has 1 N–H and O–H groups in total. The molecular formula is C11H18N2OS. The Labute approximate surface area is 95.6 Å². The highest BCUT2D eigenvalue weighted by Gasteiger charge is 1.96. The van der Waals surface area contributed by atoms with Crippen molar-refractivity contribution < 1.29 is 4.74 Å². The van der Waals surface area contributed by atoms with Crippen molar-refractivity contribution in [2.75, 3.05) is 31.8 Å². The first-order valence-corrected chi connectivity index (χ1v) is 6.21. The van der Waals surface area contributed by atoms with Gasteiger partial charge in [0.05, 0.1) is 5.69 Å². The van der Waals surface area contributed by atoms with Crippen LogP contribution in [0.5, 0.6) is 0 Å². The quantitative estimate of drug-likeness (QED) is 0.724. The van der Waals surface area contributed by atoms with Gasteiger partial charge < -0.3 is 10.1 Å². The summed E-state index contributed by atoms with van der Waals surface area (Å²) in [6.07, 6.45) is 2.95. The molecule has 0 bridgehead atoms. The van der Waals surface area contributed by atoms with Gasteiger partial charge in [-0.3, -0.25) is 4.98 Å². The molecule has 0 amide bonds. The number of hydrogen-bond acceptors (Lipinski definition) is 4. The van der Waals surface area contributed by atoms with Crippen LogP contribution in [-0.2, 0) is 10.5 Å². The molecule has 0 aromatic carbocycles. The summed E-state index contributed by atoms with van der Waals surface area (Å²) in [5, 5.41) is 3.11. The third kappa shape index (κ3) is 5.04. The fourth-order valence-electron chi connectivity index (χ4n) is 1.19. The van der Waals surface area contributed by atoms with Gasteiger partial charge >= 0.3 is 0 Å². The second-order valence-corrected chi connectivity index (χ2v) is 4.29. The summed E-state index contributed by atoms with van der Waals surface area (Å²) in [4.78, 5) is 4.31. The van der Waals surface area contributed by atoms with E-state index in [0.717, 1.165) is 35.9 Å². The molecule has 0 spiro atoms. The minimum Gasteiger partial charge on any atom is -0.388 e. The van der Waals surface area contributed by atoms with E-state index in [4.69, 9.17) is 4.74 Å². The smallest absolute Gasteiger partial charge is 0.0523 e. The highest BCUT2D eigenvalue weighted by atomic mass is 32.2. The SMILES string of the molecule is CNc1ccnc(CSCCCOC)c1. The van der Waals surface area contributed by atoms with Gasteiger partial charge in [-0.05, 0) is 24.3 Å². The van der Waals surface area contributed by atoms with E-state index in [-0.39, 0.29) is 0 Å². The Balaban J connectivity index is 2.24. The van der Waals surface area contributed by atoms with Crippen molar-refractivity contribution in [2.45, 2.75) is 12.2 Å². The average Bonchev–Trinajstić information content (AvgIpc) is 2.29. The highest BCUT2D eigenvalue weighted by Crippen LogP contribution is 2.14. The van der Waals surface area contributed by atoms with Gasteiger partial charge in [0, 0.05) is 38.4 Å². The number of methoxy groups -OCH3 is 1. The molecule has 0 saturated heterocycles. The zero-order valence-electron chi connectivity index (χ0n) is 9.32. The van der Waals surface area contributed by atoms with E-state index in [9.17, 15) is 0 Å². The number of hydrogen-bond donors (Lipinski definition) is 1. The molecule has 15 heavy (non-hydrogen) atoms. The van der Waals surface area contributed by atoms with Crippen molar-refractivity contribution in [3.05, 3.63) is 24.0 Å². The number of nitrogens with zero attached hydrogens (tertiary/aromatic N) is 1. The van der Waals surface area contributed by atoms with Gasteiger partial charge in [-0.1, -0.05) is 0 Å². The molecule has 1 rings (SSSR count). The van der Waals surface area contributed by atoms with Crippen molar-refractivity contribution in [3.63, 3.8) is 0 Å². The van der Waals surface area contributed by atoms with Gasteiger partial charge in [0.15, 0.2) is 0 Å². The molecule has 1 aromatic heterocycles. The van der Waals surface area contributed by atoms with Crippen molar-refractivity contribution in [1.82, 2.24) is 4.98 Å². The Morgan fingerprint density at radius 2 is 2.40 bits per heavy atom. The van der Waals surface area contributed by atoms with Gasteiger partial charge in [0.1, 0.15) is 0 Å². The standard InChI is InChI=1S/C11H18N2OS/c1-12-10-4-5-13-11(8-10)9-15-7-3-6-14-2/h4-5,8H,3,6-7,9H2,1-2H3,(H,12,13). The lowest BCUT2D eigenvalue weighted by molar-refractivity contribution is 0.200. The molecule has 3 nitrogen and oxygen atoms in total. The zero-order valence-corrected chi connectivity index (χ0v) is 10.1. The number of aromatic nitrogens is 1. The van der Waals surface area contributed by atoms with Crippen molar-refractivity contribution in [3.8, 4) is 0 Å². The Bertz CT molecular complexity index is 281. The lowest BCUT2D eigenvalue weighted by Gasteiger charge is -2.03. The van der Waals surface area contributed by atoms with E-state index >= 15 is 0 Å². The summed E-state index contributed by atoms with van der Waals surface area (Å²) in [6.45, 7) is 0.844. The third-order valence-corrected chi connectivity index (χ3v) is 3.07. The van der Waals surface area contributed by atoms with E-state index < -0.39 is 0 Å². The summed E-state index contributed by atoms with van der Waals surface area (Å²) < 4.78 is 4.99. The second kappa shape index (κ2) is 7.54. The van der Waals surface area contributed by atoms with Crippen LogP contribution >= 0.6 is 11.8 Å². The molecule has 0 aliphatic rings. The molecule has 0 aliphatic heterocycles. The molecule has 0 unspecified atom stereocenters. The van der Waals surface area contributed by atoms with Crippen molar-refractivity contribution >= 4 is 17.4 Å². The summed E-state index contributed by atoms with van der Waals surface area (Å²) in [6, 6.07) is 4.06. The molecule has 1 heterocycles. The average molecular weight is 226 g/mol. The molecule has 4 heteroatoms. The number of nitrogens with one attached hydrogen (secondary N) is 1. The normalized spacial score (nSPS) is 10.3. The number of pyridine rings is 1. The van der Waals surface area contributed by atoms with Crippen LogP contribution in [0, 0.1) is 0 Å². The van der Waals surface area contributed by atoms with E-state index in [1.54, 1.807) is 7.11 Å². The summed E-state index contributed by atoms with van der Waals surface area (Å²) in [5.41, 5.74) is 2.25. The highest BCUT2D eigenvalue weighted by molar-refractivity contribution is 7.98. The second-order valence-electron chi connectivity index (χ2n) is 3.18. The largest absolute Gasteiger partial charge is 0.388 e. The summed E-state index contributed by atoms with van der Waals surface area (Å²) >= 11 is 1.90. The summed E-state index contributed by atoms with van der Waals surface area (Å²) in [7, 11) is 3.66. The van der Waals surface area contributed by atoms with Gasteiger partial charge in [-0.15, -0.1) is 0 Å². The Morgan fingerprint density at radius 3 is 3.13 bits per heavy atom. The molecule has 0 atom stereocenters. The van der Waals surface area contributed by atoms with E-state index in [0.29, 0.717) is 0 Å². The first-order chi connectivity index (χ1) is 7.36. The molecule has 0 saturated carbocycles. The zero-order chi connectivity index (χ0) is 10.9. The van der Waals surface area contributed by atoms with Crippen LogP contribution in [-0.4, -0.2) is 31.5 Å². The summed E-state index contributed by atoms with van der Waals surface area (Å²) in [5.74, 6) is 2.10. The van der Waals surface area contributed by atoms with Crippen LogP contribution < -0.4 is 5.32 Å². The maximum atomic E-state index is 4.99. The lowest BCUT2D eigenvalue weighted by Crippen LogP contribution is -1.94. The number of ether oxygens (including phenoxy) is 1. The predicted octanol–water partition coefficient (Wildman–Crippen LogP) is 2.39.